The number of para-hydroxylation sites is 1. The molecule has 3 aromatic rings. The fraction of sp³-hybridized carbons (Fsp3) is 0.200. The van der Waals surface area contributed by atoms with Gasteiger partial charge in [-0.15, -0.1) is 28.5 Å². The van der Waals surface area contributed by atoms with Gasteiger partial charge in [0.05, 0.1) is 0 Å². The van der Waals surface area contributed by atoms with Crippen molar-refractivity contribution < 1.29 is 13.5 Å². The van der Waals surface area contributed by atoms with Crippen molar-refractivity contribution >= 4 is 23.5 Å². The maximum absolute atomic E-state index is 13.7. The standard InChI is InChI=1S/C20H19F2N3OS2/c1-2-11-25-19(14-26-18-6-4-3-5-17(18)22)23-24-20(25)28-13-12-27-16-9-7-15(21)8-10-16/h2-10H,1,11-14H2. The number of ether oxygens (including phenoxy) is 1. The van der Waals surface area contributed by atoms with E-state index in [1.807, 2.05) is 4.57 Å². The van der Waals surface area contributed by atoms with Gasteiger partial charge in [0.15, 0.2) is 22.5 Å². The highest BCUT2D eigenvalue weighted by atomic mass is 32.2. The van der Waals surface area contributed by atoms with Gasteiger partial charge in [0.25, 0.3) is 0 Å². The van der Waals surface area contributed by atoms with Crippen LogP contribution in [0.25, 0.3) is 0 Å². The number of aromatic nitrogens is 3. The maximum atomic E-state index is 13.7. The van der Waals surface area contributed by atoms with Crippen molar-refractivity contribution in [1.29, 1.82) is 0 Å². The second kappa shape index (κ2) is 10.3. The van der Waals surface area contributed by atoms with Gasteiger partial charge >= 0.3 is 0 Å². The summed E-state index contributed by atoms with van der Waals surface area (Å²) in [6.07, 6.45) is 1.76. The Hall–Kier alpha value is -2.32. The van der Waals surface area contributed by atoms with Gasteiger partial charge in [-0.2, -0.15) is 0 Å². The van der Waals surface area contributed by atoms with Gasteiger partial charge in [-0.3, -0.25) is 4.57 Å². The normalized spacial score (nSPS) is 10.8. The second-order valence-corrected chi connectivity index (χ2v) is 7.90. The van der Waals surface area contributed by atoms with E-state index in [9.17, 15) is 8.78 Å². The lowest BCUT2D eigenvalue weighted by Crippen LogP contribution is -2.08. The molecule has 8 heteroatoms. The van der Waals surface area contributed by atoms with E-state index in [2.05, 4.69) is 16.8 Å². The molecule has 2 aromatic carbocycles. The van der Waals surface area contributed by atoms with Crippen molar-refractivity contribution in [2.75, 3.05) is 11.5 Å². The quantitative estimate of drug-likeness (QED) is 0.256. The zero-order valence-electron chi connectivity index (χ0n) is 15.1. The highest BCUT2D eigenvalue weighted by Gasteiger charge is 2.13. The summed E-state index contributed by atoms with van der Waals surface area (Å²) >= 11 is 3.22. The Morgan fingerprint density at radius 1 is 1.00 bits per heavy atom. The lowest BCUT2D eigenvalue weighted by Gasteiger charge is -2.09. The molecular formula is C20H19F2N3OS2. The number of allylic oxidation sites excluding steroid dienone is 1. The summed E-state index contributed by atoms with van der Waals surface area (Å²) in [5, 5.41) is 9.15. The molecule has 28 heavy (non-hydrogen) atoms. The zero-order chi connectivity index (χ0) is 19.8. The maximum Gasteiger partial charge on any atom is 0.191 e. The average molecular weight is 420 g/mol. The molecule has 0 unspecified atom stereocenters. The van der Waals surface area contributed by atoms with Gasteiger partial charge in [-0.05, 0) is 36.4 Å². The van der Waals surface area contributed by atoms with Gasteiger partial charge in [-0.1, -0.05) is 30.0 Å². The average Bonchev–Trinajstić information content (AvgIpc) is 3.08. The Morgan fingerprint density at radius 3 is 2.50 bits per heavy atom. The predicted molar refractivity (Wildman–Crippen MR) is 109 cm³/mol. The van der Waals surface area contributed by atoms with Gasteiger partial charge < -0.3 is 4.74 Å². The van der Waals surface area contributed by atoms with E-state index >= 15 is 0 Å². The number of halogens is 2. The van der Waals surface area contributed by atoms with E-state index in [1.54, 1.807) is 59.9 Å². The molecule has 4 nitrogen and oxygen atoms in total. The molecule has 146 valence electrons. The molecule has 0 saturated carbocycles. The fourth-order valence-corrected chi connectivity index (χ4v) is 4.22. The van der Waals surface area contributed by atoms with E-state index < -0.39 is 5.82 Å². The van der Waals surface area contributed by atoms with Gasteiger partial charge in [0.1, 0.15) is 12.4 Å². The highest BCUT2D eigenvalue weighted by molar-refractivity contribution is 8.02. The molecular weight excluding hydrogens is 400 g/mol. The van der Waals surface area contributed by atoms with Crippen molar-refractivity contribution in [2.45, 2.75) is 23.2 Å². The Balaban J connectivity index is 1.56. The van der Waals surface area contributed by atoms with Crippen LogP contribution in [-0.4, -0.2) is 26.3 Å². The Kier molecular flexibility index (Phi) is 7.50. The van der Waals surface area contributed by atoms with E-state index in [0.29, 0.717) is 12.4 Å². The second-order valence-electron chi connectivity index (χ2n) is 5.67. The first-order valence-corrected chi connectivity index (χ1v) is 10.6. The summed E-state index contributed by atoms with van der Waals surface area (Å²) in [7, 11) is 0. The van der Waals surface area contributed by atoms with E-state index in [1.165, 1.54) is 18.2 Å². The minimum atomic E-state index is -0.412. The lowest BCUT2D eigenvalue weighted by atomic mass is 10.3. The van der Waals surface area contributed by atoms with Crippen LogP contribution < -0.4 is 4.74 Å². The van der Waals surface area contributed by atoms with Crippen molar-refractivity contribution in [3.63, 3.8) is 0 Å². The first-order valence-electron chi connectivity index (χ1n) is 8.59. The number of hydrogen-bond donors (Lipinski definition) is 0. The molecule has 0 fully saturated rings. The summed E-state index contributed by atoms with van der Waals surface area (Å²) in [6, 6.07) is 12.7. The molecule has 1 aromatic heterocycles. The molecule has 0 N–H and O–H groups in total. The zero-order valence-corrected chi connectivity index (χ0v) is 16.7. The Morgan fingerprint density at radius 2 is 1.75 bits per heavy atom. The summed E-state index contributed by atoms with van der Waals surface area (Å²) in [6.45, 7) is 4.43. The number of hydrogen-bond acceptors (Lipinski definition) is 5. The molecule has 3 rings (SSSR count). The van der Waals surface area contributed by atoms with Crippen LogP contribution in [0.15, 0.2) is 71.2 Å². The third-order valence-electron chi connectivity index (χ3n) is 3.70. The smallest absolute Gasteiger partial charge is 0.191 e. The molecule has 0 saturated heterocycles. The molecule has 0 aliphatic rings. The minimum absolute atomic E-state index is 0.118. The van der Waals surface area contributed by atoms with Crippen LogP contribution in [0.2, 0.25) is 0 Å². The number of rotatable bonds is 10. The number of nitrogens with zero attached hydrogens (tertiary/aromatic N) is 3. The van der Waals surface area contributed by atoms with Crippen LogP contribution in [0.1, 0.15) is 5.82 Å². The summed E-state index contributed by atoms with van der Waals surface area (Å²) in [4.78, 5) is 1.02. The van der Waals surface area contributed by atoms with Crippen molar-refractivity contribution in [3.05, 3.63) is 78.6 Å². The van der Waals surface area contributed by atoms with Crippen LogP contribution in [0, 0.1) is 11.6 Å². The Bertz CT molecular complexity index is 916. The van der Waals surface area contributed by atoms with E-state index in [-0.39, 0.29) is 18.2 Å². The highest BCUT2D eigenvalue weighted by Crippen LogP contribution is 2.24. The van der Waals surface area contributed by atoms with E-state index in [0.717, 1.165) is 21.6 Å². The molecule has 0 atom stereocenters. The molecule has 0 spiro atoms. The first kappa shape index (κ1) is 20.4. The molecule has 0 aliphatic heterocycles. The Labute approximate surface area is 171 Å². The van der Waals surface area contributed by atoms with Crippen molar-refractivity contribution in [3.8, 4) is 5.75 Å². The predicted octanol–water partition coefficient (Wildman–Crippen LogP) is 5.21. The monoisotopic (exact) mass is 419 g/mol. The van der Waals surface area contributed by atoms with Gasteiger partial charge in [0, 0.05) is 22.9 Å². The van der Waals surface area contributed by atoms with Gasteiger partial charge in [0.2, 0.25) is 0 Å². The molecule has 0 aliphatic carbocycles. The van der Waals surface area contributed by atoms with Crippen LogP contribution >= 0.6 is 23.5 Å². The molecule has 1 heterocycles. The first-order chi connectivity index (χ1) is 13.7. The number of benzene rings is 2. The summed E-state index contributed by atoms with van der Waals surface area (Å²) < 4.78 is 34.1. The fourth-order valence-electron chi connectivity index (χ4n) is 2.37. The van der Waals surface area contributed by atoms with Crippen molar-refractivity contribution in [2.24, 2.45) is 0 Å². The van der Waals surface area contributed by atoms with Gasteiger partial charge in [-0.25, -0.2) is 8.78 Å². The lowest BCUT2D eigenvalue weighted by molar-refractivity contribution is 0.275. The van der Waals surface area contributed by atoms with Crippen molar-refractivity contribution in [1.82, 2.24) is 14.8 Å². The summed E-state index contributed by atoms with van der Waals surface area (Å²) in [5.41, 5.74) is 0. The SMILES string of the molecule is C=CCn1c(COc2ccccc2F)nnc1SCCSc1ccc(F)cc1. The topological polar surface area (TPSA) is 39.9 Å². The molecule has 0 amide bonds. The minimum Gasteiger partial charge on any atom is -0.483 e. The van der Waals surface area contributed by atoms with Crippen LogP contribution in [0.4, 0.5) is 8.78 Å². The third-order valence-corrected chi connectivity index (χ3v) is 5.94. The molecule has 0 radical (unpaired) electrons. The van der Waals surface area contributed by atoms with E-state index in [4.69, 9.17) is 4.74 Å². The van der Waals surface area contributed by atoms with Crippen LogP contribution in [0.5, 0.6) is 5.75 Å². The summed E-state index contributed by atoms with van der Waals surface area (Å²) in [5.74, 6) is 1.80. The van der Waals surface area contributed by atoms with Crippen LogP contribution in [-0.2, 0) is 13.2 Å². The number of thioether (sulfide) groups is 2. The molecule has 0 bridgehead atoms. The largest absolute Gasteiger partial charge is 0.483 e. The third kappa shape index (κ3) is 5.59. The van der Waals surface area contributed by atoms with Crippen LogP contribution in [0.3, 0.4) is 0 Å².